The van der Waals surface area contributed by atoms with Gasteiger partial charge in [-0.2, -0.15) is 0 Å². The van der Waals surface area contributed by atoms with Crippen molar-refractivity contribution in [2.24, 2.45) is 0 Å². The van der Waals surface area contributed by atoms with E-state index in [1.54, 1.807) is 0 Å². The third kappa shape index (κ3) is 2.01. The molecule has 1 heterocycles. The van der Waals surface area contributed by atoms with Crippen molar-refractivity contribution in [1.29, 1.82) is 0 Å². The Labute approximate surface area is 106 Å². The molecule has 0 amide bonds. The second-order valence-electron chi connectivity index (χ2n) is 4.43. The van der Waals surface area contributed by atoms with Crippen LogP contribution in [0.4, 0.5) is 4.79 Å². The van der Waals surface area contributed by atoms with Crippen molar-refractivity contribution in [3.8, 4) is 0 Å². The van der Waals surface area contributed by atoms with E-state index in [4.69, 9.17) is 0 Å². The van der Waals surface area contributed by atoms with Gasteiger partial charge in [0.05, 0.1) is 0 Å². The normalized spacial score (nSPS) is 12.4. The maximum atomic E-state index is 11.0. The third-order valence-corrected chi connectivity index (χ3v) is 3.37. The van der Waals surface area contributed by atoms with E-state index in [0.717, 1.165) is 15.7 Å². The summed E-state index contributed by atoms with van der Waals surface area (Å²) in [6.45, 7) is 6.02. The second kappa shape index (κ2) is 4.64. The number of hydrogen-bond acceptors (Lipinski definition) is 3. The first-order valence-electron chi connectivity index (χ1n) is 5.83. The molecular weight excluding hydrogens is 228 g/mol. The number of aromatic nitrogens is 2. The van der Waals surface area contributed by atoms with Crippen molar-refractivity contribution < 1.29 is 9.90 Å². The van der Waals surface area contributed by atoms with Gasteiger partial charge in [0, 0.05) is 18.3 Å². The maximum absolute atomic E-state index is 11.0. The molecule has 0 spiro atoms. The summed E-state index contributed by atoms with van der Waals surface area (Å²) in [6.07, 6.45) is 1.64. The van der Waals surface area contributed by atoms with Gasteiger partial charge in [-0.15, -0.1) is 0 Å². The molecular formula is C14H15N2O2-. The minimum absolute atomic E-state index is 0.0854. The highest BCUT2D eigenvalue weighted by atomic mass is 16.4. The van der Waals surface area contributed by atoms with Gasteiger partial charge in [-0.3, -0.25) is 4.57 Å². The van der Waals surface area contributed by atoms with E-state index in [1.165, 1.54) is 18.0 Å². The standard InChI is InChI=1S/C14H16N2O2/c1-9-5-4-6-12(10(9)2)11(3)13-15-7-8-16(13)14(17)18/h4-8,11H,1-3H3,(H,17,18)/p-1. The molecule has 0 aliphatic rings. The van der Waals surface area contributed by atoms with Crippen LogP contribution in [0.25, 0.3) is 0 Å². The summed E-state index contributed by atoms with van der Waals surface area (Å²) in [5.41, 5.74) is 3.44. The van der Waals surface area contributed by atoms with Crippen LogP contribution in [0.5, 0.6) is 0 Å². The zero-order chi connectivity index (χ0) is 13.3. The van der Waals surface area contributed by atoms with Gasteiger partial charge in [-0.25, -0.2) is 4.98 Å². The Kier molecular flexibility index (Phi) is 3.19. The quantitative estimate of drug-likeness (QED) is 0.808. The Morgan fingerprint density at radius 3 is 2.78 bits per heavy atom. The summed E-state index contributed by atoms with van der Waals surface area (Å²) >= 11 is 0. The molecule has 0 bridgehead atoms. The number of hydrogen-bond donors (Lipinski definition) is 0. The highest BCUT2D eigenvalue weighted by molar-refractivity contribution is 5.66. The van der Waals surface area contributed by atoms with Crippen LogP contribution < -0.4 is 5.11 Å². The van der Waals surface area contributed by atoms with Gasteiger partial charge in [0.2, 0.25) is 0 Å². The highest BCUT2D eigenvalue weighted by Gasteiger charge is 2.17. The molecule has 0 fully saturated rings. The van der Waals surface area contributed by atoms with Crippen LogP contribution in [0.1, 0.15) is 35.4 Å². The molecule has 0 N–H and O–H groups in total. The smallest absolute Gasteiger partial charge is 0.146 e. The molecule has 4 heteroatoms. The summed E-state index contributed by atoms with van der Waals surface area (Å²) in [5.74, 6) is 0.404. The minimum atomic E-state index is -1.25. The van der Waals surface area contributed by atoms with E-state index >= 15 is 0 Å². The van der Waals surface area contributed by atoms with E-state index in [-0.39, 0.29) is 5.92 Å². The summed E-state index contributed by atoms with van der Waals surface area (Å²) < 4.78 is 1.06. The maximum Gasteiger partial charge on any atom is 0.146 e. The van der Waals surface area contributed by atoms with Crippen LogP contribution in [-0.4, -0.2) is 15.6 Å². The SMILES string of the molecule is Cc1cccc(C(C)c2nccn2C(=O)[O-])c1C. The first-order chi connectivity index (χ1) is 8.52. The predicted molar refractivity (Wildman–Crippen MR) is 66.5 cm³/mol. The zero-order valence-corrected chi connectivity index (χ0v) is 10.7. The molecule has 0 aliphatic carbocycles. The molecule has 18 heavy (non-hydrogen) atoms. The van der Waals surface area contributed by atoms with Gasteiger partial charge < -0.3 is 9.90 Å². The first-order valence-corrected chi connectivity index (χ1v) is 5.83. The molecule has 0 saturated heterocycles. The lowest BCUT2D eigenvalue weighted by atomic mass is 9.93. The summed E-state index contributed by atoms with van der Waals surface area (Å²) in [4.78, 5) is 15.1. The number of aryl methyl sites for hydroxylation is 1. The lowest BCUT2D eigenvalue weighted by Crippen LogP contribution is -2.30. The van der Waals surface area contributed by atoms with E-state index in [2.05, 4.69) is 4.98 Å². The largest absolute Gasteiger partial charge is 0.529 e. The number of nitrogens with zero attached hydrogens (tertiary/aromatic N) is 2. The van der Waals surface area contributed by atoms with E-state index in [0.29, 0.717) is 5.82 Å². The number of carbonyl (C=O) groups excluding carboxylic acids is 1. The molecule has 94 valence electrons. The lowest BCUT2D eigenvalue weighted by Gasteiger charge is -2.17. The Balaban J connectivity index is 2.48. The van der Waals surface area contributed by atoms with Crippen molar-refractivity contribution in [3.63, 3.8) is 0 Å². The predicted octanol–water partition coefficient (Wildman–Crippen LogP) is 1.84. The Bertz CT molecular complexity index is 587. The van der Waals surface area contributed by atoms with Crippen LogP contribution in [0.3, 0.4) is 0 Å². The molecule has 1 aromatic carbocycles. The Morgan fingerprint density at radius 1 is 1.39 bits per heavy atom. The molecule has 1 atom stereocenters. The molecule has 2 rings (SSSR count). The van der Waals surface area contributed by atoms with Crippen molar-refractivity contribution in [2.75, 3.05) is 0 Å². The molecule has 0 aliphatic heterocycles. The second-order valence-corrected chi connectivity index (χ2v) is 4.43. The fraction of sp³-hybridized carbons (Fsp3) is 0.286. The van der Waals surface area contributed by atoms with Crippen molar-refractivity contribution >= 4 is 6.09 Å². The number of carboxylic acid groups (broad SMARTS) is 1. The van der Waals surface area contributed by atoms with Gasteiger partial charge in [0.1, 0.15) is 11.9 Å². The average Bonchev–Trinajstić information content (AvgIpc) is 2.81. The molecule has 1 aromatic heterocycles. The van der Waals surface area contributed by atoms with E-state index in [9.17, 15) is 9.90 Å². The number of imidazole rings is 1. The molecule has 2 aromatic rings. The summed E-state index contributed by atoms with van der Waals surface area (Å²) in [6, 6.07) is 6.01. The number of rotatable bonds is 2. The lowest BCUT2D eigenvalue weighted by molar-refractivity contribution is -0.250. The Hall–Kier alpha value is -2.10. The minimum Gasteiger partial charge on any atom is -0.529 e. The van der Waals surface area contributed by atoms with Crippen LogP contribution in [-0.2, 0) is 0 Å². The molecule has 0 radical (unpaired) electrons. The average molecular weight is 243 g/mol. The fourth-order valence-electron chi connectivity index (χ4n) is 2.17. The van der Waals surface area contributed by atoms with Gasteiger partial charge in [0.25, 0.3) is 0 Å². The summed E-state index contributed by atoms with van der Waals surface area (Å²) in [5, 5.41) is 11.0. The van der Waals surface area contributed by atoms with Gasteiger partial charge in [-0.05, 0) is 30.5 Å². The van der Waals surface area contributed by atoms with Gasteiger partial charge >= 0.3 is 0 Å². The van der Waals surface area contributed by atoms with Gasteiger partial charge in [-0.1, -0.05) is 25.1 Å². The topological polar surface area (TPSA) is 58.0 Å². The number of benzene rings is 1. The van der Waals surface area contributed by atoms with Gasteiger partial charge in [0.15, 0.2) is 0 Å². The fourth-order valence-corrected chi connectivity index (χ4v) is 2.17. The molecule has 1 unspecified atom stereocenters. The van der Waals surface area contributed by atoms with Crippen LogP contribution in [0.2, 0.25) is 0 Å². The van der Waals surface area contributed by atoms with Crippen molar-refractivity contribution in [3.05, 3.63) is 53.1 Å². The molecule has 4 nitrogen and oxygen atoms in total. The third-order valence-electron chi connectivity index (χ3n) is 3.37. The highest BCUT2D eigenvalue weighted by Crippen LogP contribution is 2.26. The van der Waals surface area contributed by atoms with Crippen LogP contribution in [0.15, 0.2) is 30.6 Å². The first kappa shape index (κ1) is 12.4. The van der Waals surface area contributed by atoms with Crippen molar-refractivity contribution in [1.82, 2.24) is 9.55 Å². The molecule has 0 saturated carbocycles. The van der Waals surface area contributed by atoms with Crippen LogP contribution >= 0.6 is 0 Å². The number of carbonyl (C=O) groups is 1. The van der Waals surface area contributed by atoms with Crippen molar-refractivity contribution in [2.45, 2.75) is 26.7 Å². The van der Waals surface area contributed by atoms with E-state index < -0.39 is 6.09 Å². The monoisotopic (exact) mass is 243 g/mol. The Morgan fingerprint density at radius 2 is 2.11 bits per heavy atom. The van der Waals surface area contributed by atoms with Crippen LogP contribution in [0, 0.1) is 13.8 Å². The summed E-state index contributed by atoms with van der Waals surface area (Å²) in [7, 11) is 0. The zero-order valence-electron chi connectivity index (χ0n) is 10.7. The van der Waals surface area contributed by atoms with E-state index in [1.807, 2.05) is 39.0 Å².